The zero-order valence-corrected chi connectivity index (χ0v) is 19.8. The van der Waals surface area contributed by atoms with Gasteiger partial charge in [-0.1, -0.05) is 48.9 Å². The van der Waals surface area contributed by atoms with Crippen LogP contribution in [0.5, 0.6) is 11.5 Å². The molecule has 35 heavy (non-hydrogen) atoms. The van der Waals surface area contributed by atoms with Crippen molar-refractivity contribution in [2.24, 2.45) is 0 Å². The molecule has 2 heterocycles. The molecule has 0 aromatic heterocycles. The summed E-state index contributed by atoms with van der Waals surface area (Å²) < 4.78 is 11.6. The van der Waals surface area contributed by atoms with Gasteiger partial charge in [-0.15, -0.1) is 0 Å². The highest BCUT2D eigenvalue weighted by molar-refractivity contribution is 6.27. The predicted octanol–water partition coefficient (Wildman–Crippen LogP) is 3.72. The van der Waals surface area contributed by atoms with Crippen LogP contribution in [-0.2, 0) is 9.59 Å². The molecule has 1 fully saturated rings. The van der Waals surface area contributed by atoms with Crippen molar-refractivity contribution in [2.75, 3.05) is 50.8 Å². The van der Waals surface area contributed by atoms with Crippen LogP contribution in [0.15, 0.2) is 48.5 Å². The molecule has 0 spiro atoms. The number of aliphatic carboxylic acids is 2. The summed E-state index contributed by atoms with van der Waals surface area (Å²) in [4.78, 5) is 23.3. The number of carboxylic acids is 2. The van der Waals surface area contributed by atoms with Gasteiger partial charge in [-0.3, -0.25) is 4.90 Å². The van der Waals surface area contributed by atoms with Crippen LogP contribution in [0.25, 0.3) is 6.08 Å². The highest BCUT2D eigenvalue weighted by atomic mass is 16.6. The molecule has 0 saturated carbocycles. The highest BCUT2D eigenvalue weighted by Crippen LogP contribution is 2.39. The summed E-state index contributed by atoms with van der Waals surface area (Å²) in [6, 6.07) is 15.1. The number of carbonyl (C=O) groups is 2. The molecule has 0 radical (unpaired) electrons. The van der Waals surface area contributed by atoms with Crippen molar-refractivity contribution in [1.82, 2.24) is 4.90 Å². The highest BCUT2D eigenvalue weighted by Gasteiger charge is 2.23. The number of hydrogen-bond donors (Lipinski definition) is 2. The lowest BCUT2D eigenvalue weighted by Gasteiger charge is -2.37. The third-order valence-corrected chi connectivity index (χ3v) is 6.58. The molecule has 8 nitrogen and oxygen atoms in total. The second-order valence-corrected chi connectivity index (χ2v) is 8.83. The van der Waals surface area contributed by atoms with Gasteiger partial charge in [0, 0.05) is 32.1 Å². The molecule has 8 heteroatoms. The minimum Gasteiger partial charge on any atom is -0.486 e. The van der Waals surface area contributed by atoms with Gasteiger partial charge in [0.15, 0.2) is 11.5 Å². The van der Waals surface area contributed by atoms with Gasteiger partial charge in [0.1, 0.15) is 13.2 Å². The molecule has 0 amide bonds. The number of para-hydroxylation sites is 1. The molecule has 1 atom stereocenters. The molecule has 2 N–H and O–H groups in total. The van der Waals surface area contributed by atoms with Crippen molar-refractivity contribution in [2.45, 2.75) is 25.2 Å². The molecule has 2 aliphatic heterocycles. The van der Waals surface area contributed by atoms with Crippen molar-refractivity contribution in [3.05, 3.63) is 59.7 Å². The van der Waals surface area contributed by atoms with Gasteiger partial charge in [0.05, 0.1) is 5.69 Å². The van der Waals surface area contributed by atoms with Crippen LogP contribution in [0.4, 0.5) is 5.69 Å². The summed E-state index contributed by atoms with van der Waals surface area (Å²) in [5.41, 5.74) is 4.11. The molecular formula is C27H32N2O6. The summed E-state index contributed by atoms with van der Waals surface area (Å²) in [5, 5.41) is 14.8. The van der Waals surface area contributed by atoms with E-state index in [0.29, 0.717) is 19.1 Å². The zero-order valence-electron chi connectivity index (χ0n) is 19.8. The Bertz CT molecular complexity index is 1050. The van der Waals surface area contributed by atoms with Crippen LogP contribution in [0.1, 0.15) is 36.3 Å². The molecule has 1 unspecified atom stereocenters. The van der Waals surface area contributed by atoms with Crippen LogP contribution >= 0.6 is 0 Å². The third-order valence-electron chi connectivity index (χ3n) is 6.58. The molecule has 1 aliphatic carbocycles. The summed E-state index contributed by atoms with van der Waals surface area (Å²) >= 11 is 0. The maximum Gasteiger partial charge on any atom is 0.414 e. The van der Waals surface area contributed by atoms with Gasteiger partial charge < -0.3 is 24.6 Å². The Hall–Kier alpha value is -3.52. The van der Waals surface area contributed by atoms with Crippen LogP contribution in [0, 0.1) is 0 Å². The van der Waals surface area contributed by atoms with Gasteiger partial charge in [-0.25, -0.2) is 9.59 Å². The van der Waals surface area contributed by atoms with Crippen molar-refractivity contribution in [3.8, 4) is 11.5 Å². The van der Waals surface area contributed by atoms with Crippen molar-refractivity contribution >= 4 is 23.7 Å². The first kappa shape index (κ1) is 24.6. The number of carboxylic acid groups (broad SMARTS) is 2. The molecular weight excluding hydrogens is 448 g/mol. The number of anilines is 1. The number of hydrogen-bond acceptors (Lipinski definition) is 6. The Morgan fingerprint density at radius 2 is 1.63 bits per heavy atom. The van der Waals surface area contributed by atoms with E-state index in [2.05, 4.69) is 58.4 Å². The number of rotatable bonds is 6. The first-order chi connectivity index (χ1) is 17.0. The fourth-order valence-electron chi connectivity index (χ4n) is 4.79. The van der Waals surface area contributed by atoms with Crippen molar-refractivity contribution in [3.63, 3.8) is 0 Å². The average Bonchev–Trinajstić information content (AvgIpc) is 3.30. The number of unbranched alkanes of at least 4 members (excludes halogenated alkanes) is 1. The van der Waals surface area contributed by atoms with Gasteiger partial charge in [-0.05, 0) is 42.6 Å². The lowest BCUT2D eigenvalue weighted by Crippen LogP contribution is -2.46. The van der Waals surface area contributed by atoms with E-state index < -0.39 is 11.9 Å². The quantitative estimate of drug-likeness (QED) is 0.477. The first-order valence-electron chi connectivity index (χ1n) is 12.1. The molecule has 0 bridgehead atoms. The summed E-state index contributed by atoms with van der Waals surface area (Å²) in [6.07, 6.45) is 8.51. The number of ether oxygens (including phenoxy) is 2. The molecule has 1 saturated heterocycles. The number of piperazine rings is 1. The normalized spacial score (nSPS) is 18.4. The predicted molar refractivity (Wildman–Crippen MR) is 133 cm³/mol. The number of benzene rings is 2. The fourth-order valence-corrected chi connectivity index (χ4v) is 4.79. The Morgan fingerprint density at radius 3 is 2.40 bits per heavy atom. The second-order valence-electron chi connectivity index (χ2n) is 8.83. The van der Waals surface area contributed by atoms with E-state index >= 15 is 0 Å². The van der Waals surface area contributed by atoms with E-state index in [1.54, 1.807) is 0 Å². The number of fused-ring (bicyclic) bond motifs is 2. The van der Waals surface area contributed by atoms with E-state index in [1.807, 2.05) is 6.07 Å². The van der Waals surface area contributed by atoms with Gasteiger partial charge in [0.2, 0.25) is 0 Å². The van der Waals surface area contributed by atoms with E-state index in [1.165, 1.54) is 42.6 Å². The lowest BCUT2D eigenvalue weighted by molar-refractivity contribution is -0.159. The topological polar surface area (TPSA) is 99.5 Å². The van der Waals surface area contributed by atoms with E-state index in [-0.39, 0.29) is 0 Å². The van der Waals surface area contributed by atoms with Crippen LogP contribution < -0.4 is 14.4 Å². The Kier molecular flexibility index (Phi) is 8.26. The Balaban J connectivity index is 0.000000431. The van der Waals surface area contributed by atoms with Crippen LogP contribution in [0.2, 0.25) is 0 Å². The summed E-state index contributed by atoms with van der Waals surface area (Å²) in [6.45, 7) is 6.85. The van der Waals surface area contributed by atoms with Gasteiger partial charge in [0.25, 0.3) is 0 Å². The Labute approximate surface area is 205 Å². The SMILES string of the molecule is C1=CC(CCCCN2CCN(c3cccc4c3OCCO4)CC2)c2ccccc21.O=C(O)C(=O)O. The molecule has 3 aliphatic rings. The fraction of sp³-hybridized carbons (Fsp3) is 0.407. The third kappa shape index (κ3) is 6.33. The van der Waals surface area contributed by atoms with E-state index in [0.717, 1.165) is 37.7 Å². The summed E-state index contributed by atoms with van der Waals surface area (Å²) in [5.74, 6) is -1.21. The standard InChI is InChI=1S/C25H30N2O2.C2H2O4/c1-2-8-22-20(6-1)11-12-21(22)7-3-4-13-26-14-16-27(17-15-26)23-9-5-10-24-25(23)29-19-18-28-24;3-1(4)2(5)6/h1-2,5-6,8-12,21H,3-4,7,13-19H2;(H,3,4)(H,5,6). The summed E-state index contributed by atoms with van der Waals surface area (Å²) in [7, 11) is 0. The van der Waals surface area contributed by atoms with E-state index in [9.17, 15) is 0 Å². The lowest BCUT2D eigenvalue weighted by atomic mass is 9.95. The molecule has 2 aromatic carbocycles. The van der Waals surface area contributed by atoms with Crippen LogP contribution in [0.3, 0.4) is 0 Å². The molecule has 2 aromatic rings. The Morgan fingerprint density at radius 1 is 0.886 bits per heavy atom. The molecule has 186 valence electrons. The smallest absolute Gasteiger partial charge is 0.414 e. The maximum absolute atomic E-state index is 9.10. The minimum atomic E-state index is -1.82. The van der Waals surface area contributed by atoms with Gasteiger partial charge >= 0.3 is 11.9 Å². The van der Waals surface area contributed by atoms with Gasteiger partial charge in [-0.2, -0.15) is 0 Å². The minimum absolute atomic E-state index is 0.620. The first-order valence-corrected chi connectivity index (χ1v) is 12.1. The number of allylic oxidation sites excluding steroid dienone is 1. The maximum atomic E-state index is 9.10. The van der Waals surface area contributed by atoms with Crippen molar-refractivity contribution in [1.29, 1.82) is 0 Å². The second kappa shape index (κ2) is 11.8. The van der Waals surface area contributed by atoms with E-state index in [4.69, 9.17) is 29.3 Å². The monoisotopic (exact) mass is 480 g/mol. The molecule has 5 rings (SSSR count). The van der Waals surface area contributed by atoms with Crippen molar-refractivity contribution < 1.29 is 29.3 Å². The number of nitrogens with zero attached hydrogens (tertiary/aromatic N) is 2. The largest absolute Gasteiger partial charge is 0.486 e. The zero-order chi connectivity index (χ0) is 24.6. The van der Waals surface area contributed by atoms with Crippen LogP contribution in [-0.4, -0.2) is 73.0 Å². The average molecular weight is 481 g/mol.